The maximum absolute atomic E-state index is 10.6. The molecule has 66 valence electrons. The molecule has 1 aromatic carbocycles. The minimum Gasteiger partial charge on any atom is -0.506 e. The zero-order chi connectivity index (χ0) is 10.1. The van der Waals surface area contributed by atoms with Gasteiger partial charge in [0, 0.05) is 5.56 Å². The first-order valence-corrected chi connectivity index (χ1v) is 3.97. The van der Waals surface area contributed by atoms with E-state index in [1.54, 1.807) is 24.3 Å². The molecule has 0 bridgehead atoms. The second-order valence-electron chi connectivity index (χ2n) is 2.83. The zero-order valence-corrected chi connectivity index (χ0v) is 6.84. The van der Waals surface area contributed by atoms with Gasteiger partial charge < -0.3 is 15.2 Å². The highest BCUT2D eigenvalue weighted by Gasteiger charge is 2.13. The third kappa shape index (κ3) is 1.28. The minimum atomic E-state index is -0.615. The molecule has 0 aromatic heterocycles. The van der Waals surface area contributed by atoms with Gasteiger partial charge in [-0.15, -0.1) is 0 Å². The van der Waals surface area contributed by atoms with Crippen LogP contribution in [-0.2, 0) is 4.79 Å². The summed E-state index contributed by atoms with van der Waals surface area (Å²) in [7, 11) is 0. The number of phenolic OH excluding ortho intramolecular Hbond substituents is 1. The van der Waals surface area contributed by atoms with Gasteiger partial charge in [0.1, 0.15) is 18.1 Å². The molecule has 3 nitrogen and oxygen atoms in total. The van der Waals surface area contributed by atoms with E-state index in [-0.39, 0.29) is 5.75 Å². The number of aldehydes is 1. The number of aromatic hydroxyl groups is 1. The van der Waals surface area contributed by atoms with Crippen molar-refractivity contribution in [3.63, 3.8) is 0 Å². The number of hydrogen-bond acceptors (Lipinski definition) is 3. The minimum absolute atomic E-state index is 0.0219. The third-order valence-electron chi connectivity index (χ3n) is 1.94. The Balaban J connectivity index is 2.56. The Morgan fingerprint density at radius 2 is 2.46 bits per heavy atom. The van der Waals surface area contributed by atoms with Gasteiger partial charge in [0.2, 0.25) is 0 Å². The van der Waals surface area contributed by atoms with Crippen LogP contribution in [0.2, 0.25) is 1.41 Å². The molecule has 0 aliphatic carbocycles. The molecule has 0 fully saturated rings. The van der Waals surface area contributed by atoms with Crippen LogP contribution in [0.1, 0.15) is 5.56 Å². The molecule has 0 spiro atoms. The summed E-state index contributed by atoms with van der Waals surface area (Å²) in [5.41, 5.74) is 1.13. The highest BCUT2D eigenvalue weighted by molar-refractivity contribution is 5.82. The van der Waals surface area contributed by atoms with Crippen LogP contribution in [0.15, 0.2) is 24.3 Å². The second kappa shape index (κ2) is 2.94. The number of phenols is 1. The third-order valence-corrected chi connectivity index (χ3v) is 1.94. The Bertz CT molecular complexity index is 403. The zero-order valence-electron chi connectivity index (χ0n) is 7.84. The molecule has 0 saturated heterocycles. The fraction of sp³-hybridized carbons (Fsp3) is 0.100. The van der Waals surface area contributed by atoms with Crippen molar-refractivity contribution < 1.29 is 11.3 Å². The lowest BCUT2D eigenvalue weighted by Crippen LogP contribution is -2.21. The van der Waals surface area contributed by atoms with Crippen LogP contribution < -0.4 is 5.31 Å². The lowest BCUT2D eigenvalue weighted by atomic mass is 10.1. The standard InChI is InChI=1S/C10H9NO2/c12-6-8-5-4-7-2-1-3-9(13)10(7)11-8/h1-6,8,11,13H/i/hD. The number of anilines is 1. The van der Waals surface area contributed by atoms with Crippen molar-refractivity contribution in [1.29, 1.82) is 0 Å². The van der Waals surface area contributed by atoms with E-state index in [0.29, 0.717) is 12.0 Å². The van der Waals surface area contributed by atoms with Crippen molar-refractivity contribution in [3.8, 4) is 5.75 Å². The SMILES string of the molecule is [2H]N1c2c(O)cccc2C=CC1C=O. The van der Waals surface area contributed by atoms with Crippen LogP contribution in [0.4, 0.5) is 5.69 Å². The van der Waals surface area contributed by atoms with E-state index >= 15 is 0 Å². The fourth-order valence-corrected chi connectivity index (χ4v) is 1.29. The molecule has 1 unspecified atom stereocenters. The highest BCUT2D eigenvalue weighted by atomic mass is 16.3. The van der Waals surface area contributed by atoms with Crippen molar-refractivity contribution in [2.45, 2.75) is 6.04 Å². The van der Waals surface area contributed by atoms with Gasteiger partial charge in [0.25, 0.3) is 0 Å². The lowest BCUT2D eigenvalue weighted by Gasteiger charge is -2.18. The molecule has 0 amide bonds. The van der Waals surface area contributed by atoms with Gasteiger partial charge in [0.15, 0.2) is 1.41 Å². The molecule has 0 radical (unpaired) electrons. The molecule has 1 aliphatic rings. The monoisotopic (exact) mass is 176 g/mol. The van der Waals surface area contributed by atoms with E-state index in [4.69, 9.17) is 1.41 Å². The molecule has 0 saturated carbocycles. The Kier molecular flexibility index (Phi) is 1.52. The Hall–Kier alpha value is -1.77. The van der Waals surface area contributed by atoms with Gasteiger partial charge >= 0.3 is 0 Å². The molecule has 1 aromatic rings. The van der Waals surface area contributed by atoms with Crippen LogP contribution in [0, 0.1) is 0 Å². The first-order valence-electron chi connectivity index (χ1n) is 4.42. The molecule has 1 aliphatic heterocycles. The van der Waals surface area contributed by atoms with E-state index < -0.39 is 6.04 Å². The molecule has 2 N–H and O–H groups in total. The van der Waals surface area contributed by atoms with Gasteiger partial charge in [-0.2, -0.15) is 0 Å². The number of rotatable bonds is 1. The molecule has 1 atom stereocenters. The quantitative estimate of drug-likeness (QED) is 0.502. The summed E-state index contributed by atoms with van der Waals surface area (Å²) < 4.78 is 7.64. The molecule has 2 rings (SSSR count). The van der Waals surface area contributed by atoms with E-state index in [1.165, 1.54) is 6.07 Å². The van der Waals surface area contributed by atoms with Crippen molar-refractivity contribution in [2.75, 3.05) is 5.31 Å². The molecular formula is C10H9NO2. The smallest absolute Gasteiger partial charge is 0.161 e. The van der Waals surface area contributed by atoms with E-state index in [1.807, 2.05) is 0 Å². The van der Waals surface area contributed by atoms with Crippen LogP contribution in [0.25, 0.3) is 6.08 Å². The summed E-state index contributed by atoms with van der Waals surface area (Å²) in [5, 5.41) is 10.5. The summed E-state index contributed by atoms with van der Waals surface area (Å²) in [6, 6.07) is 4.37. The van der Waals surface area contributed by atoms with Gasteiger partial charge in [-0.3, -0.25) is 0 Å². The maximum atomic E-state index is 10.6. The Labute approximate surface area is 77.2 Å². The van der Waals surface area contributed by atoms with Crippen molar-refractivity contribution in [3.05, 3.63) is 29.8 Å². The van der Waals surface area contributed by atoms with Crippen LogP contribution >= 0.6 is 0 Å². The summed E-state index contributed by atoms with van der Waals surface area (Å²) in [6.07, 6.45) is 4.03. The fourth-order valence-electron chi connectivity index (χ4n) is 1.29. The average molecular weight is 176 g/mol. The number of nitrogens with one attached hydrogen (secondary N) is 1. The number of carbonyl (C=O) groups is 1. The number of fused-ring (bicyclic) bond motifs is 1. The molecule has 1 heterocycles. The summed E-state index contributed by atoms with van der Waals surface area (Å²) in [4.78, 5) is 10.6. The second-order valence-corrected chi connectivity index (χ2v) is 2.83. The van der Waals surface area contributed by atoms with Crippen LogP contribution in [-0.4, -0.2) is 17.4 Å². The van der Waals surface area contributed by atoms with Crippen molar-refractivity contribution in [1.82, 2.24) is 0 Å². The van der Waals surface area contributed by atoms with Gasteiger partial charge in [-0.25, -0.2) is 0 Å². The average Bonchev–Trinajstić information content (AvgIpc) is 2.18. The van der Waals surface area contributed by atoms with E-state index in [2.05, 4.69) is 0 Å². The predicted octanol–water partition coefficient (Wildman–Crippen LogP) is 1.40. The number of para-hydroxylation sites is 1. The molecular weight excluding hydrogens is 166 g/mol. The Morgan fingerprint density at radius 1 is 1.62 bits per heavy atom. The van der Waals surface area contributed by atoms with E-state index in [0.717, 1.165) is 10.9 Å². The summed E-state index contributed by atoms with van der Waals surface area (Å²) >= 11 is 0. The number of carbonyl (C=O) groups excluding carboxylic acids is 1. The van der Waals surface area contributed by atoms with Crippen LogP contribution in [0.3, 0.4) is 0 Å². The summed E-state index contributed by atoms with van der Waals surface area (Å²) in [6.45, 7) is 0. The first-order chi connectivity index (χ1) is 6.74. The Morgan fingerprint density at radius 3 is 3.23 bits per heavy atom. The first kappa shape index (κ1) is 6.71. The lowest BCUT2D eigenvalue weighted by molar-refractivity contribution is -0.107. The summed E-state index contributed by atoms with van der Waals surface area (Å²) in [5.74, 6) is 0.0219. The molecule has 3 heteroatoms. The maximum Gasteiger partial charge on any atom is 0.161 e. The largest absolute Gasteiger partial charge is 0.506 e. The van der Waals surface area contributed by atoms with Gasteiger partial charge in [-0.05, 0) is 6.07 Å². The van der Waals surface area contributed by atoms with Gasteiger partial charge in [-0.1, -0.05) is 24.3 Å². The van der Waals surface area contributed by atoms with Crippen LogP contribution in [0.5, 0.6) is 5.75 Å². The van der Waals surface area contributed by atoms with E-state index in [9.17, 15) is 9.90 Å². The van der Waals surface area contributed by atoms with Crippen molar-refractivity contribution in [2.24, 2.45) is 0 Å². The molecule has 13 heavy (non-hydrogen) atoms. The normalized spacial score (nSPS) is 20.8. The number of hydrogen-bond donors (Lipinski definition) is 2. The van der Waals surface area contributed by atoms with Gasteiger partial charge in [0.05, 0.1) is 5.69 Å². The predicted molar refractivity (Wildman–Crippen MR) is 50.6 cm³/mol. The topological polar surface area (TPSA) is 49.3 Å². The van der Waals surface area contributed by atoms with Crippen molar-refractivity contribution >= 4 is 18.0 Å². The number of benzene rings is 1. The highest BCUT2D eigenvalue weighted by Crippen LogP contribution is 2.31.